The maximum absolute atomic E-state index is 13.6. The lowest BCUT2D eigenvalue weighted by atomic mass is 10.0. The van der Waals surface area contributed by atoms with E-state index in [4.69, 9.17) is 23.9 Å². The second-order valence-electron chi connectivity index (χ2n) is 17.8. The number of aryl methyl sites for hydroxylation is 1. The van der Waals surface area contributed by atoms with Crippen LogP contribution in [0, 0.1) is 6.92 Å². The number of benzene rings is 1. The molecule has 23 heteroatoms. The van der Waals surface area contributed by atoms with E-state index < -0.39 is 42.2 Å². The Morgan fingerprint density at radius 1 is 0.792 bits per heavy atom. The van der Waals surface area contributed by atoms with Crippen molar-refractivity contribution in [2.45, 2.75) is 64.5 Å². The fourth-order valence-corrected chi connectivity index (χ4v) is 9.36. The number of piperidine rings is 1. The number of aromatic nitrogens is 4. The van der Waals surface area contributed by atoms with Crippen LogP contribution in [-0.4, -0.2) is 169 Å². The number of carbonyl (C=O) groups is 7. The number of imide groups is 2. The molecule has 3 aromatic heterocycles. The first-order valence-corrected chi connectivity index (χ1v) is 24.2. The van der Waals surface area contributed by atoms with Gasteiger partial charge >= 0.3 is 0 Å². The highest BCUT2D eigenvalue weighted by Crippen LogP contribution is 2.34. The molecule has 4 aliphatic rings. The Labute approximate surface area is 414 Å². The largest absolute Gasteiger partial charge is 0.483 e. The number of ketones is 1. The SMILES string of the molecule is CC(=O)c1c(C)c2cnc(Nc3ccc(N4CCN(CC(=O)NCCOCCOCCOCCNC(=O)COc5cccc6c5C(=O)N(C5CCC(=O)NC5=O)C6=O)CC4)cn3)nc2n(C2CCCC2)c1=O. The van der Waals surface area contributed by atoms with E-state index in [1.165, 1.54) is 25.1 Å². The summed E-state index contributed by atoms with van der Waals surface area (Å²) < 4.78 is 23.9. The first-order valence-electron chi connectivity index (χ1n) is 24.2. The molecule has 2 saturated heterocycles. The van der Waals surface area contributed by atoms with E-state index in [1.54, 1.807) is 23.9 Å². The summed E-state index contributed by atoms with van der Waals surface area (Å²) in [6.45, 7) is 8.26. The zero-order valence-electron chi connectivity index (χ0n) is 40.4. The van der Waals surface area contributed by atoms with Gasteiger partial charge in [-0.15, -0.1) is 0 Å². The molecule has 23 nitrogen and oxygen atoms in total. The number of fused-ring (bicyclic) bond motifs is 2. The van der Waals surface area contributed by atoms with E-state index in [-0.39, 0.29) is 84.9 Å². The van der Waals surface area contributed by atoms with Crippen LogP contribution in [0.1, 0.15) is 88.1 Å². The second kappa shape index (κ2) is 23.8. The molecular formula is C49H59N11O12. The van der Waals surface area contributed by atoms with Crippen molar-refractivity contribution in [3.8, 4) is 5.75 Å². The molecule has 3 aliphatic heterocycles. The monoisotopic (exact) mass is 993 g/mol. The van der Waals surface area contributed by atoms with E-state index in [0.29, 0.717) is 74.4 Å². The van der Waals surface area contributed by atoms with Gasteiger partial charge in [0.25, 0.3) is 23.3 Å². The van der Waals surface area contributed by atoms with Gasteiger partial charge in [0.2, 0.25) is 23.7 Å². The smallest absolute Gasteiger partial charge is 0.266 e. The molecule has 6 amide bonds. The van der Waals surface area contributed by atoms with Crippen molar-refractivity contribution in [1.29, 1.82) is 0 Å². The number of rotatable bonds is 23. The molecule has 8 rings (SSSR count). The molecule has 72 heavy (non-hydrogen) atoms. The lowest BCUT2D eigenvalue weighted by molar-refractivity contribution is -0.136. The molecule has 6 heterocycles. The molecule has 0 spiro atoms. The Balaban J connectivity index is 0.643. The highest BCUT2D eigenvalue weighted by atomic mass is 16.5. The van der Waals surface area contributed by atoms with E-state index in [9.17, 15) is 38.4 Å². The number of hydrogen-bond acceptors (Lipinski definition) is 18. The van der Waals surface area contributed by atoms with E-state index in [2.05, 4.69) is 41.0 Å². The van der Waals surface area contributed by atoms with E-state index in [0.717, 1.165) is 49.4 Å². The minimum Gasteiger partial charge on any atom is -0.483 e. The molecule has 1 unspecified atom stereocenters. The number of amides is 6. The number of nitrogens with zero attached hydrogens (tertiary/aromatic N) is 7. The third-order valence-corrected chi connectivity index (χ3v) is 13.0. The zero-order valence-corrected chi connectivity index (χ0v) is 40.4. The predicted octanol–water partition coefficient (Wildman–Crippen LogP) is 1.44. The number of nitrogens with one attached hydrogen (secondary N) is 4. The molecule has 1 atom stereocenters. The third kappa shape index (κ3) is 12.1. The summed E-state index contributed by atoms with van der Waals surface area (Å²) in [7, 11) is 0. The summed E-state index contributed by atoms with van der Waals surface area (Å²) in [6, 6.07) is 7.11. The molecule has 1 aliphatic carbocycles. The van der Waals surface area contributed by atoms with Crippen molar-refractivity contribution in [2.75, 3.05) is 102 Å². The first kappa shape index (κ1) is 51.2. The number of ether oxygens (including phenoxy) is 4. The summed E-state index contributed by atoms with van der Waals surface area (Å²) >= 11 is 0. The van der Waals surface area contributed by atoms with Gasteiger partial charge in [-0.3, -0.25) is 58.0 Å². The van der Waals surface area contributed by atoms with Crippen LogP contribution in [0.2, 0.25) is 0 Å². The first-order chi connectivity index (χ1) is 34.9. The normalized spacial score (nSPS) is 17.3. The quantitative estimate of drug-likeness (QED) is 0.0465. The molecule has 382 valence electrons. The van der Waals surface area contributed by atoms with Crippen LogP contribution in [-0.2, 0) is 33.4 Å². The van der Waals surface area contributed by atoms with Crippen molar-refractivity contribution in [2.24, 2.45) is 0 Å². The fourth-order valence-electron chi connectivity index (χ4n) is 9.36. The Hall–Kier alpha value is -7.21. The van der Waals surface area contributed by atoms with Gasteiger partial charge in [0.1, 0.15) is 23.3 Å². The van der Waals surface area contributed by atoms with Gasteiger partial charge in [-0.2, -0.15) is 4.98 Å². The minimum absolute atomic E-state index is 0.000550. The number of pyridine rings is 2. The molecule has 1 aromatic carbocycles. The molecule has 0 bridgehead atoms. The third-order valence-electron chi connectivity index (χ3n) is 13.0. The topological polar surface area (TPSA) is 275 Å². The van der Waals surface area contributed by atoms with Crippen molar-refractivity contribution < 1.29 is 52.5 Å². The number of carbonyl (C=O) groups excluding carboxylic acids is 7. The number of anilines is 3. The van der Waals surface area contributed by atoms with Crippen molar-refractivity contribution >= 4 is 69.7 Å². The predicted molar refractivity (Wildman–Crippen MR) is 259 cm³/mol. The summed E-state index contributed by atoms with van der Waals surface area (Å²) in [5.41, 5.74) is 1.96. The maximum Gasteiger partial charge on any atom is 0.266 e. The highest BCUT2D eigenvalue weighted by Gasteiger charge is 2.46. The summed E-state index contributed by atoms with van der Waals surface area (Å²) in [5.74, 6) is -2.52. The molecule has 4 aromatic rings. The number of Topliss-reactive ketones (excluding diaryl/α,β-unsaturated/α-hetero) is 1. The zero-order chi connectivity index (χ0) is 50.7. The van der Waals surface area contributed by atoms with Gasteiger partial charge < -0.3 is 39.8 Å². The van der Waals surface area contributed by atoms with Crippen LogP contribution >= 0.6 is 0 Å². The maximum atomic E-state index is 13.6. The average Bonchev–Trinajstić information content (AvgIpc) is 3.98. The molecule has 3 fully saturated rings. The van der Waals surface area contributed by atoms with Gasteiger partial charge in [0.15, 0.2) is 12.4 Å². The van der Waals surface area contributed by atoms with Crippen molar-refractivity contribution in [3.05, 3.63) is 75.3 Å². The minimum atomic E-state index is -1.11. The number of hydrogen-bond donors (Lipinski definition) is 4. The van der Waals surface area contributed by atoms with Gasteiger partial charge in [-0.05, 0) is 62.9 Å². The van der Waals surface area contributed by atoms with Crippen LogP contribution < -0.4 is 36.5 Å². The lowest BCUT2D eigenvalue weighted by Crippen LogP contribution is -2.54. The summed E-state index contributed by atoms with van der Waals surface area (Å²) in [5, 5.41) is 11.6. The van der Waals surface area contributed by atoms with Gasteiger partial charge in [-0.25, -0.2) is 9.97 Å². The van der Waals surface area contributed by atoms with Gasteiger partial charge in [0.05, 0.1) is 74.8 Å². The van der Waals surface area contributed by atoms with E-state index >= 15 is 0 Å². The summed E-state index contributed by atoms with van der Waals surface area (Å²) in [4.78, 5) is 120. The van der Waals surface area contributed by atoms with Crippen LogP contribution in [0.5, 0.6) is 5.75 Å². The standard InChI is InChI=1S/C49H59N11O12/c1-30-35-27-53-49(56-44(35)59(32-6-3-4-7-32)47(67)42(30)31(2)61)54-38-12-10-33(26-52-38)58-18-16-57(17-19-58)28-40(63)50-14-20-69-22-24-71-25-23-70-21-15-51-41(64)29-72-37-9-5-8-34-43(37)48(68)60(46(34)66)36-11-13-39(62)55-45(36)65/h5,8-10,12,26-27,32,36H,3-4,6-7,11,13-25,28-29H2,1-2H3,(H,50,63)(H,51,64)(H,55,62,65)(H,52,53,54,56). The Morgan fingerprint density at radius 3 is 2.15 bits per heavy atom. The van der Waals surface area contributed by atoms with Crippen LogP contribution in [0.15, 0.2) is 47.5 Å². The Kier molecular flexibility index (Phi) is 16.9. The average molecular weight is 994 g/mol. The van der Waals surface area contributed by atoms with Crippen LogP contribution in [0.3, 0.4) is 0 Å². The molecule has 0 radical (unpaired) electrons. The van der Waals surface area contributed by atoms with E-state index in [1.807, 2.05) is 12.1 Å². The highest BCUT2D eigenvalue weighted by molar-refractivity contribution is 6.24. The fraction of sp³-hybridized carbons (Fsp3) is 0.490. The van der Waals surface area contributed by atoms with Crippen molar-refractivity contribution in [1.82, 2.24) is 45.3 Å². The van der Waals surface area contributed by atoms with Crippen LogP contribution in [0.25, 0.3) is 11.0 Å². The van der Waals surface area contributed by atoms with Crippen molar-refractivity contribution in [3.63, 3.8) is 0 Å². The Bertz CT molecular complexity index is 2750. The summed E-state index contributed by atoms with van der Waals surface area (Å²) in [6.07, 6.45) is 7.23. The molecule has 4 N–H and O–H groups in total. The molecule has 1 saturated carbocycles. The second-order valence-corrected chi connectivity index (χ2v) is 17.8. The number of piperazine rings is 1. The Morgan fingerprint density at radius 2 is 1.49 bits per heavy atom. The lowest BCUT2D eigenvalue weighted by Gasteiger charge is -2.35. The van der Waals surface area contributed by atoms with Crippen LogP contribution in [0.4, 0.5) is 17.5 Å². The molecular weight excluding hydrogens is 935 g/mol. The van der Waals surface area contributed by atoms with Gasteiger partial charge in [0, 0.05) is 63.3 Å². The van der Waals surface area contributed by atoms with Gasteiger partial charge in [-0.1, -0.05) is 18.9 Å².